The maximum absolute atomic E-state index is 12.8. The average molecular weight is 424 g/mol. The molecule has 2 heterocycles. The summed E-state index contributed by atoms with van der Waals surface area (Å²) in [5, 5.41) is 19.5. The third kappa shape index (κ3) is 2.56. The lowest BCUT2D eigenvalue weighted by atomic mass is 9.77. The van der Waals surface area contributed by atoms with Crippen LogP contribution < -0.4 is 9.47 Å². The van der Waals surface area contributed by atoms with Gasteiger partial charge in [-0.1, -0.05) is 18.2 Å². The number of carbonyl (C=O) groups excluding carboxylic acids is 1. The molecular weight excluding hydrogens is 408 g/mol. The molecule has 4 aromatic rings. The first-order chi connectivity index (χ1) is 15.5. The first-order valence-corrected chi connectivity index (χ1v) is 10.0. The molecule has 0 unspecified atom stereocenters. The van der Waals surface area contributed by atoms with Crippen molar-refractivity contribution in [1.82, 2.24) is 0 Å². The molecule has 2 N–H and O–H groups in total. The van der Waals surface area contributed by atoms with Gasteiger partial charge in [0.15, 0.2) is 5.60 Å². The molecule has 1 spiro atoms. The minimum Gasteiger partial charge on any atom is -0.508 e. The Balaban J connectivity index is 1.53. The number of ether oxygens (including phenoxy) is 3. The van der Waals surface area contributed by atoms with E-state index in [1.807, 2.05) is 18.2 Å². The smallest absolute Gasteiger partial charge is 0.340 e. The fourth-order valence-corrected chi connectivity index (χ4v) is 4.36. The van der Waals surface area contributed by atoms with Crippen LogP contribution in [-0.4, -0.2) is 16.2 Å². The predicted molar refractivity (Wildman–Crippen MR) is 115 cm³/mol. The lowest BCUT2D eigenvalue weighted by molar-refractivity contribution is 0.0224. The van der Waals surface area contributed by atoms with Gasteiger partial charge in [-0.3, -0.25) is 0 Å². The Kier molecular flexibility index (Phi) is 3.74. The Hall–Kier alpha value is -4.45. The standard InChI is InChI=1S/C26H16O6/c27-15-5-8-17(9-6-15)30-18-10-12-22-24(14-18)31-23-13-16(28)7-11-21(23)26(22)20-4-2-1-3-19(20)25(29)32-26/h1-14,27-28H/t26-/m1/s1. The van der Waals surface area contributed by atoms with Crippen LogP contribution in [0.1, 0.15) is 27.0 Å². The van der Waals surface area contributed by atoms with Gasteiger partial charge in [0.05, 0.1) is 5.56 Å². The molecule has 0 fully saturated rings. The molecule has 2 aliphatic rings. The number of carbonyl (C=O) groups is 1. The molecule has 0 saturated heterocycles. The zero-order chi connectivity index (χ0) is 21.9. The van der Waals surface area contributed by atoms with Crippen molar-refractivity contribution in [3.05, 3.63) is 107 Å². The summed E-state index contributed by atoms with van der Waals surface area (Å²) in [7, 11) is 0. The third-order valence-electron chi connectivity index (χ3n) is 5.74. The number of hydrogen-bond donors (Lipinski definition) is 2. The Morgan fingerprint density at radius 3 is 2.16 bits per heavy atom. The fourth-order valence-electron chi connectivity index (χ4n) is 4.36. The Labute approximate surface area is 182 Å². The number of phenolic OH excluding ortho intramolecular Hbond substituents is 2. The van der Waals surface area contributed by atoms with Gasteiger partial charge in [0.2, 0.25) is 0 Å². The molecule has 156 valence electrons. The van der Waals surface area contributed by atoms with Crippen LogP contribution in [0.25, 0.3) is 0 Å². The van der Waals surface area contributed by atoms with E-state index < -0.39 is 11.6 Å². The second kappa shape index (κ2) is 6.52. The highest BCUT2D eigenvalue weighted by Crippen LogP contribution is 2.57. The van der Waals surface area contributed by atoms with E-state index in [2.05, 4.69) is 0 Å². The molecule has 0 amide bonds. The number of esters is 1. The number of phenols is 2. The molecule has 6 rings (SSSR count). The zero-order valence-electron chi connectivity index (χ0n) is 16.6. The van der Waals surface area contributed by atoms with Gasteiger partial charge in [-0.15, -0.1) is 0 Å². The van der Waals surface area contributed by atoms with Gasteiger partial charge in [-0.2, -0.15) is 0 Å². The largest absolute Gasteiger partial charge is 0.508 e. The first-order valence-electron chi connectivity index (χ1n) is 10.0. The van der Waals surface area contributed by atoms with Gasteiger partial charge >= 0.3 is 5.97 Å². The van der Waals surface area contributed by atoms with E-state index >= 15 is 0 Å². The van der Waals surface area contributed by atoms with Gasteiger partial charge in [0, 0.05) is 28.8 Å². The number of aromatic hydroxyl groups is 2. The molecule has 0 aliphatic carbocycles. The molecular formula is C26H16O6. The van der Waals surface area contributed by atoms with Gasteiger partial charge in [-0.25, -0.2) is 4.79 Å². The molecule has 0 aromatic heterocycles. The van der Waals surface area contributed by atoms with E-state index in [1.54, 1.807) is 48.5 Å². The summed E-state index contributed by atoms with van der Waals surface area (Å²) in [6, 6.07) is 23.7. The summed E-state index contributed by atoms with van der Waals surface area (Å²) >= 11 is 0. The number of hydrogen-bond acceptors (Lipinski definition) is 6. The lowest BCUT2D eigenvalue weighted by Gasteiger charge is -2.36. The number of benzene rings is 4. The summed E-state index contributed by atoms with van der Waals surface area (Å²) in [6.07, 6.45) is 0. The number of rotatable bonds is 2. The van der Waals surface area contributed by atoms with Crippen molar-refractivity contribution in [3.63, 3.8) is 0 Å². The van der Waals surface area contributed by atoms with Crippen LogP contribution in [0.3, 0.4) is 0 Å². The highest BCUT2D eigenvalue weighted by atomic mass is 16.6. The average Bonchev–Trinajstić information content (AvgIpc) is 3.08. The predicted octanol–water partition coefficient (Wildman–Crippen LogP) is 5.46. The highest BCUT2D eigenvalue weighted by Gasteiger charge is 2.53. The van der Waals surface area contributed by atoms with E-state index in [0.717, 1.165) is 0 Å². The minimum absolute atomic E-state index is 0.0384. The van der Waals surface area contributed by atoms with Gasteiger partial charge in [-0.05, 0) is 54.6 Å². The van der Waals surface area contributed by atoms with Crippen LogP contribution in [0.5, 0.6) is 34.5 Å². The Morgan fingerprint density at radius 2 is 1.34 bits per heavy atom. The molecule has 2 aliphatic heterocycles. The molecule has 0 radical (unpaired) electrons. The maximum atomic E-state index is 12.8. The highest BCUT2D eigenvalue weighted by molar-refractivity contribution is 5.97. The summed E-state index contributed by atoms with van der Waals surface area (Å²) in [4.78, 5) is 12.8. The molecule has 32 heavy (non-hydrogen) atoms. The molecule has 6 heteroatoms. The Morgan fingerprint density at radius 1 is 0.688 bits per heavy atom. The summed E-state index contributed by atoms with van der Waals surface area (Å²) in [6.45, 7) is 0. The van der Waals surface area contributed by atoms with Crippen molar-refractivity contribution in [3.8, 4) is 34.5 Å². The summed E-state index contributed by atoms with van der Waals surface area (Å²) in [5.74, 6) is 1.65. The van der Waals surface area contributed by atoms with Crippen molar-refractivity contribution in [1.29, 1.82) is 0 Å². The summed E-state index contributed by atoms with van der Waals surface area (Å²) < 4.78 is 18.1. The molecule has 4 aromatic carbocycles. The fraction of sp³-hybridized carbons (Fsp3) is 0.0385. The van der Waals surface area contributed by atoms with Crippen LogP contribution in [0.2, 0.25) is 0 Å². The van der Waals surface area contributed by atoms with Crippen molar-refractivity contribution in [2.45, 2.75) is 5.60 Å². The van der Waals surface area contributed by atoms with Crippen molar-refractivity contribution >= 4 is 5.97 Å². The molecule has 0 bridgehead atoms. The van der Waals surface area contributed by atoms with Crippen LogP contribution in [0.4, 0.5) is 0 Å². The minimum atomic E-state index is -1.19. The monoisotopic (exact) mass is 424 g/mol. The zero-order valence-corrected chi connectivity index (χ0v) is 16.6. The SMILES string of the molecule is O=C1O[C@@]2(c3ccc(O)cc3Oc3cc(Oc4ccc(O)cc4)ccc32)c2ccccc21. The van der Waals surface area contributed by atoms with Gasteiger partial charge in [0.25, 0.3) is 0 Å². The van der Waals surface area contributed by atoms with E-state index in [9.17, 15) is 15.0 Å². The number of fused-ring (bicyclic) bond motifs is 6. The second-order valence-electron chi connectivity index (χ2n) is 7.65. The van der Waals surface area contributed by atoms with E-state index in [-0.39, 0.29) is 11.5 Å². The molecule has 6 nitrogen and oxygen atoms in total. The van der Waals surface area contributed by atoms with Crippen LogP contribution in [0.15, 0.2) is 84.9 Å². The lowest BCUT2D eigenvalue weighted by Crippen LogP contribution is -2.32. The van der Waals surface area contributed by atoms with Crippen molar-refractivity contribution in [2.24, 2.45) is 0 Å². The quantitative estimate of drug-likeness (QED) is 0.416. The van der Waals surface area contributed by atoms with Gasteiger partial charge < -0.3 is 24.4 Å². The van der Waals surface area contributed by atoms with Crippen LogP contribution in [0, 0.1) is 0 Å². The van der Waals surface area contributed by atoms with Crippen molar-refractivity contribution in [2.75, 3.05) is 0 Å². The van der Waals surface area contributed by atoms with E-state index in [4.69, 9.17) is 14.2 Å². The van der Waals surface area contributed by atoms with Crippen LogP contribution >= 0.6 is 0 Å². The molecule has 1 atom stereocenters. The van der Waals surface area contributed by atoms with Crippen LogP contribution in [-0.2, 0) is 10.3 Å². The maximum Gasteiger partial charge on any atom is 0.340 e. The molecule has 0 saturated carbocycles. The van der Waals surface area contributed by atoms with Gasteiger partial charge in [0.1, 0.15) is 34.5 Å². The first kappa shape index (κ1) is 18.3. The topological polar surface area (TPSA) is 85.2 Å². The summed E-state index contributed by atoms with van der Waals surface area (Å²) in [5.41, 5.74) is 1.30. The van der Waals surface area contributed by atoms with E-state index in [0.29, 0.717) is 45.3 Å². The van der Waals surface area contributed by atoms with E-state index in [1.165, 1.54) is 18.2 Å². The third-order valence-corrected chi connectivity index (χ3v) is 5.74. The normalized spacial score (nSPS) is 17.7. The Bertz CT molecular complexity index is 1390. The van der Waals surface area contributed by atoms with Crippen molar-refractivity contribution < 1.29 is 29.2 Å². The second-order valence-corrected chi connectivity index (χ2v) is 7.65.